The molecule has 6 heteroatoms. The molecule has 0 aliphatic heterocycles. The van der Waals surface area contributed by atoms with Gasteiger partial charge < -0.3 is 11.1 Å². The number of aromatic nitrogens is 1. The molecule has 21 heavy (non-hydrogen) atoms. The van der Waals surface area contributed by atoms with Crippen molar-refractivity contribution in [1.82, 2.24) is 10.3 Å². The van der Waals surface area contributed by atoms with Gasteiger partial charge in [-0.05, 0) is 36.8 Å². The Hall–Kier alpha value is -1.62. The lowest BCUT2D eigenvalue weighted by Crippen LogP contribution is -2.26. The van der Waals surface area contributed by atoms with E-state index >= 15 is 0 Å². The summed E-state index contributed by atoms with van der Waals surface area (Å²) in [6, 6.07) is 8.42. The minimum Gasteiger partial charge on any atom is -0.346 e. The first kappa shape index (κ1) is 15.8. The van der Waals surface area contributed by atoms with E-state index in [2.05, 4.69) is 10.3 Å². The van der Waals surface area contributed by atoms with Crippen LogP contribution in [0.4, 0.5) is 0 Å². The number of carbonyl (C=O) groups is 1. The van der Waals surface area contributed by atoms with Crippen molar-refractivity contribution in [2.75, 3.05) is 0 Å². The molecule has 1 aromatic carbocycles. The third-order valence-corrected chi connectivity index (χ3v) is 3.82. The molecule has 2 aromatic rings. The van der Waals surface area contributed by atoms with Gasteiger partial charge in [0.15, 0.2) is 0 Å². The molecule has 1 aromatic heterocycles. The quantitative estimate of drug-likeness (QED) is 0.906. The first-order chi connectivity index (χ1) is 10.0. The van der Waals surface area contributed by atoms with Gasteiger partial charge in [-0.1, -0.05) is 29.3 Å². The van der Waals surface area contributed by atoms with E-state index in [1.165, 1.54) is 0 Å². The average Bonchev–Trinajstić information content (AvgIpc) is 2.49. The standard InChI is InChI=1S/C15H15Cl2N3O/c1-9(10-2-3-13(16)14(17)7-10)20-15(21)11-4-5-19-12(6-11)8-18/h2-7,9H,8,18H2,1H3,(H,20,21). The molecule has 0 spiro atoms. The number of amides is 1. The first-order valence-corrected chi connectivity index (χ1v) is 7.17. The number of nitrogens with two attached hydrogens (primary N) is 1. The molecule has 3 N–H and O–H groups in total. The van der Waals surface area contributed by atoms with E-state index in [1.807, 2.05) is 13.0 Å². The van der Waals surface area contributed by atoms with E-state index in [1.54, 1.807) is 30.5 Å². The van der Waals surface area contributed by atoms with Crippen molar-refractivity contribution in [2.24, 2.45) is 5.73 Å². The zero-order valence-electron chi connectivity index (χ0n) is 11.4. The van der Waals surface area contributed by atoms with Crippen molar-refractivity contribution < 1.29 is 4.79 Å². The van der Waals surface area contributed by atoms with Crippen LogP contribution in [0.15, 0.2) is 36.5 Å². The summed E-state index contributed by atoms with van der Waals surface area (Å²) in [6.07, 6.45) is 1.57. The van der Waals surface area contributed by atoms with Gasteiger partial charge in [-0.25, -0.2) is 0 Å². The van der Waals surface area contributed by atoms with Crippen molar-refractivity contribution in [3.8, 4) is 0 Å². The molecule has 0 radical (unpaired) electrons. The second-order valence-electron chi connectivity index (χ2n) is 4.61. The van der Waals surface area contributed by atoms with Crippen LogP contribution in [0.1, 0.15) is 34.6 Å². The van der Waals surface area contributed by atoms with Crippen molar-refractivity contribution in [3.63, 3.8) is 0 Å². The van der Waals surface area contributed by atoms with Gasteiger partial charge in [0.05, 0.1) is 21.8 Å². The lowest BCUT2D eigenvalue weighted by molar-refractivity contribution is 0.0939. The minimum atomic E-state index is -0.193. The Labute approximate surface area is 133 Å². The van der Waals surface area contributed by atoms with Crippen molar-refractivity contribution in [1.29, 1.82) is 0 Å². The second kappa shape index (κ2) is 6.89. The van der Waals surface area contributed by atoms with Gasteiger partial charge in [0.25, 0.3) is 5.91 Å². The van der Waals surface area contributed by atoms with Crippen LogP contribution in [0.2, 0.25) is 10.0 Å². The van der Waals surface area contributed by atoms with Crippen molar-refractivity contribution >= 4 is 29.1 Å². The number of halogens is 2. The zero-order chi connectivity index (χ0) is 15.4. The number of nitrogens with one attached hydrogen (secondary N) is 1. The number of hydrogen-bond acceptors (Lipinski definition) is 3. The van der Waals surface area contributed by atoms with Gasteiger partial charge in [0, 0.05) is 18.3 Å². The molecule has 1 heterocycles. The SMILES string of the molecule is CC(NC(=O)c1ccnc(CN)c1)c1ccc(Cl)c(Cl)c1. The Balaban J connectivity index is 2.12. The Morgan fingerprint density at radius 3 is 2.71 bits per heavy atom. The maximum Gasteiger partial charge on any atom is 0.251 e. The summed E-state index contributed by atoms with van der Waals surface area (Å²) in [5.41, 5.74) is 7.60. The van der Waals surface area contributed by atoms with Gasteiger partial charge >= 0.3 is 0 Å². The van der Waals surface area contributed by atoms with E-state index in [4.69, 9.17) is 28.9 Å². The molecule has 0 saturated carbocycles. The third-order valence-electron chi connectivity index (χ3n) is 3.08. The summed E-state index contributed by atoms with van der Waals surface area (Å²) in [4.78, 5) is 16.3. The van der Waals surface area contributed by atoms with Crippen LogP contribution < -0.4 is 11.1 Å². The molecule has 1 atom stereocenters. The van der Waals surface area contributed by atoms with Crippen LogP contribution in [0.3, 0.4) is 0 Å². The molecule has 0 aliphatic rings. The third kappa shape index (κ3) is 3.94. The van der Waals surface area contributed by atoms with Crippen LogP contribution in [0.5, 0.6) is 0 Å². The summed E-state index contributed by atoms with van der Waals surface area (Å²) >= 11 is 11.9. The highest BCUT2D eigenvalue weighted by molar-refractivity contribution is 6.42. The van der Waals surface area contributed by atoms with E-state index in [9.17, 15) is 4.79 Å². The minimum absolute atomic E-state index is 0.189. The van der Waals surface area contributed by atoms with Gasteiger partial charge in [-0.15, -0.1) is 0 Å². The number of nitrogens with zero attached hydrogens (tertiary/aromatic N) is 1. The van der Waals surface area contributed by atoms with E-state index in [0.29, 0.717) is 27.8 Å². The summed E-state index contributed by atoms with van der Waals surface area (Å²) in [7, 11) is 0. The molecule has 1 amide bonds. The predicted molar refractivity (Wildman–Crippen MR) is 84.5 cm³/mol. The molecular formula is C15H15Cl2N3O. The second-order valence-corrected chi connectivity index (χ2v) is 5.42. The smallest absolute Gasteiger partial charge is 0.251 e. The van der Waals surface area contributed by atoms with Crippen LogP contribution >= 0.6 is 23.2 Å². The lowest BCUT2D eigenvalue weighted by atomic mass is 10.1. The monoisotopic (exact) mass is 323 g/mol. The lowest BCUT2D eigenvalue weighted by Gasteiger charge is -2.15. The molecule has 0 bridgehead atoms. The van der Waals surface area contributed by atoms with Crippen LogP contribution in [0, 0.1) is 0 Å². The molecule has 110 valence electrons. The fourth-order valence-corrected chi connectivity index (χ4v) is 2.18. The fraction of sp³-hybridized carbons (Fsp3) is 0.200. The molecule has 4 nitrogen and oxygen atoms in total. The fourth-order valence-electron chi connectivity index (χ4n) is 1.88. The molecule has 1 unspecified atom stereocenters. The number of benzene rings is 1. The van der Waals surface area contributed by atoms with E-state index in [0.717, 1.165) is 5.56 Å². The van der Waals surface area contributed by atoms with E-state index in [-0.39, 0.29) is 11.9 Å². The number of carbonyl (C=O) groups excluding carboxylic acids is 1. The van der Waals surface area contributed by atoms with Crippen LogP contribution in [-0.4, -0.2) is 10.9 Å². The largest absolute Gasteiger partial charge is 0.346 e. The summed E-state index contributed by atoms with van der Waals surface area (Å²) in [6.45, 7) is 2.17. The summed E-state index contributed by atoms with van der Waals surface area (Å²) < 4.78 is 0. The number of pyridine rings is 1. The molecule has 0 aliphatic carbocycles. The normalized spacial score (nSPS) is 12.0. The maximum atomic E-state index is 12.2. The Morgan fingerprint density at radius 1 is 1.29 bits per heavy atom. The van der Waals surface area contributed by atoms with E-state index < -0.39 is 0 Å². The maximum absolute atomic E-state index is 12.2. The molecule has 0 fully saturated rings. The predicted octanol–water partition coefficient (Wildman–Crippen LogP) is 3.34. The summed E-state index contributed by atoms with van der Waals surface area (Å²) in [5.74, 6) is -0.189. The summed E-state index contributed by atoms with van der Waals surface area (Å²) in [5, 5.41) is 3.85. The Morgan fingerprint density at radius 2 is 2.05 bits per heavy atom. The topological polar surface area (TPSA) is 68.0 Å². The highest BCUT2D eigenvalue weighted by Gasteiger charge is 2.13. The number of rotatable bonds is 4. The molecular weight excluding hydrogens is 309 g/mol. The molecule has 0 saturated heterocycles. The van der Waals surface area contributed by atoms with Gasteiger partial charge in [-0.3, -0.25) is 9.78 Å². The van der Waals surface area contributed by atoms with Gasteiger partial charge in [0.2, 0.25) is 0 Å². The van der Waals surface area contributed by atoms with Gasteiger partial charge in [-0.2, -0.15) is 0 Å². The van der Waals surface area contributed by atoms with Crippen molar-refractivity contribution in [2.45, 2.75) is 19.5 Å². The first-order valence-electron chi connectivity index (χ1n) is 6.42. The molecule has 2 rings (SSSR count). The Kier molecular flexibility index (Phi) is 5.17. The average molecular weight is 324 g/mol. The zero-order valence-corrected chi connectivity index (χ0v) is 12.9. The number of hydrogen-bond donors (Lipinski definition) is 2. The van der Waals surface area contributed by atoms with Crippen LogP contribution in [-0.2, 0) is 6.54 Å². The van der Waals surface area contributed by atoms with Crippen molar-refractivity contribution in [3.05, 3.63) is 63.4 Å². The van der Waals surface area contributed by atoms with Crippen LogP contribution in [0.25, 0.3) is 0 Å². The van der Waals surface area contributed by atoms with Gasteiger partial charge in [0.1, 0.15) is 0 Å². The Bertz CT molecular complexity index is 661. The highest BCUT2D eigenvalue weighted by atomic mass is 35.5. The highest BCUT2D eigenvalue weighted by Crippen LogP contribution is 2.25.